The second-order valence-electron chi connectivity index (χ2n) is 3.29. The number of hydrogen-bond donors (Lipinski definition) is 1. The molecule has 0 atom stereocenters. The van der Waals surface area contributed by atoms with E-state index in [-0.39, 0.29) is 12.5 Å². The summed E-state index contributed by atoms with van der Waals surface area (Å²) in [5, 5.41) is 8.74. The van der Waals surface area contributed by atoms with Gasteiger partial charge < -0.3 is 14.7 Å². The molecule has 0 bridgehead atoms. The molecule has 0 spiro atoms. The Morgan fingerprint density at radius 1 is 1.62 bits per heavy atom. The van der Waals surface area contributed by atoms with Gasteiger partial charge in [-0.15, -0.1) is 0 Å². The van der Waals surface area contributed by atoms with Gasteiger partial charge in [0.25, 0.3) is 0 Å². The fraction of sp³-hybridized carbons (Fsp3) is 0.889. The normalized spacial score (nSPS) is 17.2. The number of aliphatic hydroxyl groups excluding tert-OH is 1. The highest BCUT2D eigenvalue weighted by Crippen LogP contribution is 2.15. The Morgan fingerprint density at radius 3 is 2.85 bits per heavy atom. The van der Waals surface area contributed by atoms with Crippen LogP contribution >= 0.6 is 0 Å². The molecule has 1 saturated heterocycles. The third-order valence-corrected chi connectivity index (χ3v) is 2.23. The first-order chi connectivity index (χ1) is 6.27. The average Bonchev–Trinajstić information content (AvgIpc) is 2.03. The number of aliphatic hydroxyl groups is 1. The molecule has 13 heavy (non-hydrogen) atoms. The first-order valence-corrected chi connectivity index (χ1v) is 4.74. The van der Waals surface area contributed by atoms with E-state index in [0.29, 0.717) is 38.6 Å². The Hall–Kier alpha value is -0.610. The van der Waals surface area contributed by atoms with E-state index in [2.05, 4.69) is 0 Å². The van der Waals surface area contributed by atoms with Crippen LogP contribution in [0.4, 0.5) is 0 Å². The minimum absolute atomic E-state index is 0.137. The second-order valence-corrected chi connectivity index (χ2v) is 3.29. The summed E-state index contributed by atoms with van der Waals surface area (Å²) in [6, 6.07) is 0. The van der Waals surface area contributed by atoms with Crippen molar-refractivity contribution in [1.82, 2.24) is 4.90 Å². The van der Waals surface area contributed by atoms with Gasteiger partial charge in [0.1, 0.15) is 0 Å². The predicted octanol–water partition coefficient (Wildman–Crippen LogP) is -0.136. The SMILES string of the molecule is CCOCCC(=O)N1CC(CO)C1. The molecule has 1 N–H and O–H groups in total. The summed E-state index contributed by atoms with van der Waals surface area (Å²) in [5.41, 5.74) is 0. The maximum absolute atomic E-state index is 11.3. The van der Waals surface area contributed by atoms with Crippen LogP contribution in [-0.2, 0) is 9.53 Å². The van der Waals surface area contributed by atoms with Crippen LogP contribution in [0.1, 0.15) is 13.3 Å². The first kappa shape index (κ1) is 10.5. The standard InChI is InChI=1S/C9H17NO3/c1-2-13-4-3-9(12)10-5-8(6-10)7-11/h8,11H,2-7H2,1H3. The second kappa shape index (κ2) is 5.19. The van der Waals surface area contributed by atoms with Crippen LogP contribution in [0.5, 0.6) is 0 Å². The number of amides is 1. The fourth-order valence-corrected chi connectivity index (χ4v) is 1.35. The predicted molar refractivity (Wildman–Crippen MR) is 48.3 cm³/mol. The molecular formula is C9H17NO3. The molecule has 0 aromatic rings. The van der Waals surface area contributed by atoms with E-state index in [0.717, 1.165) is 0 Å². The van der Waals surface area contributed by atoms with Gasteiger partial charge in [0, 0.05) is 32.2 Å². The highest BCUT2D eigenvalue weighted by atomic mass is 16.5. The maximum atomic E-state index is 11.3. The van der Waals surface area contributed by atoms with Gasteiger partial charge in [-0.3, -0.25) is 4.79 Å². The van der Waals surface area contributed by atoms with Crippen molar-refractivity contribution in [2.75, 3.05) is 32.9 Å². The number of carbonyl (C=O) groups excluding carboxylic acids is 1. The van der Waals surface area contributed by atoms with Crippen molar-refractivity contribution in [2.45, 2.75) is 13.3 Å². The molecule has 0 aromatic carbocycles. The van der Waals surface area contributed by atoms with Crippen molar-refractivity contribution < 1.29 is 14.6 Å². The monoisotopic (exact) mass is 187 g/mol. The lowest BCUT2D eigenvalue weighted by Gasteiger charge is -2.38. The highest BCUT2D eigenvalue weighted by molar-refractivity contribution is 5.77. The molecule has 1 fully saturated rings. The Kier molecular flexibility index (Phi) is 4.18. The molecule has 0 unspecified atom stereocenters. The molecule has 1 rings (SSSR count). The summed E-state index contributed by atoms with van der Waals surface area (Å²) in [5.74, 6) is 0.439. The molecule has 4 heteroatoms. The smallest absolute Gasteiger partial charge is 0.224 e. The summed E-state index contributed by atoms with van der Waals surface area (Å²) in [4.78, 5) is 13.1. The molecule has 1 heterocycles. The van der Waals surface area contributed by atoms with E-state index in [1.54, 1.807) is 4.90 Å². The molecular weight excluding hydrogens is 170 g/mol. The van der Waals surface area contributed by atoms with Gasteiger partial charge in [-0.1, -0.05) is 0 Å². The number of likely N-dealkylation sites (tertiary alicyclic amines) is 1. The van der Waals surface area contributed by atoms with E-state index in [4.69, 9.17) is 9.84 Å². The quantitative estimate of drug-likeness (QED) is 0.610. The molecule has 4 nitrogen and oxygen atoms in total. The van der Waals surface area contributed by atoms with Gasteiger partial charge in [-0.25, -0.2) is 0 Å². The molecule has 76 valence electrons. The Morgan fingerprint density at radius 2 is 2.31 bits per heavy atom. The zero-order chi connectivity index (χ0) is 9.68. The van der Waals surface area contributed by atoms with Crippen LogP contribution in [0.2, 0.25) is 0 Å². The lowest BCUT2D eigenvalue weighted by Crippen LogP contribution is -2.51. The van der Waals surface area contributed by atoms with Gasteiger partial charge in [0.05, 0.1) is 13.0 Å². The lowest BCUT2D eigenvalue weighted by atomic mass is 10.0. The van der Waals surface area contributed by atoms with Crippen LogP contribution in [0.25, 0.3) is 0 Å². The van der Waals surface area contributed by atoms with Crippen LogP contribution in [0, 0.1) is 5.92 Å². The first-order valence-electron chi connectivity index (χ1n) is 4.74. The zero-order valence-electron chi connectivity index (χ0n) is 8.03. The van der Waals surface area contributed by atoms with Crippen molar-refractivity contribution in [3.63, 3.8) is 0 Å². The van der Waals surface area contributed by atoms with Crippen LogP contribution in [0.3, 0.4) is 0 Å². The Labute approximate surface area is 78.5 Å². The zero-order valence-corrected chi connectivity index (χ0v) is 8.03. The van der Waals surface area contributed by atoms with E-state index < -0.39 is 0 Å². The number of hydrogen-bond acceptors (Lipinski definition) is 3. The Balaban J connectivity index is 2.05. The topological polar surface area (TPSA) is 49.8 Å². The fourth-order valence-electron chi connectivity index (χ4n) is 1.35. The molecule has 0 saturated carbocycles. The van der Waals surface area contributed by atoms with Gasteiger partial charge in [-0.05, 0) is 6.92 Å². The third-order valence-electron chi connectivity index (χ3n) is 2.23. The van der Waals surface area contributed by atoms with Crippen molar-refractivity contribution in [3.8, 4) is 0 Å². The molecule has 0 radical (unpaired) electrons. The molecule has 0 aromatic heterocycles. The van der Waals surface area contributed by atoms with Gasteiger partial charge >= 0.3 is 0 Å². The van der Waals surface area contributed by atoms with E-state index >= 15 is 0 Å². The lowest BCUT2D eigenvalue weighted by molar-refractivity contribution is -0.139. The van der Waals surface area contributed by atoms with Crippen LogP contribution < -0.4 is 0 Å². The van der Waals surface area contributed by atoms with Gasteiger partial charge in [0.15, 0.2) is 0 Å². The van der Waals surface area contributed by atoms with Crippen molar-refractivity contribution in [3.05, 3.63) is 0 Å². The summed E-state index contributed by atoms with van der Waals surface area (Å²) >= 11 is 0. The number of nitrogens with zero attached hydrogens (tertiary/aromatic N) is 1. The Bertz CT molecular complexity index is 166. The highest BCUT2D eigenvalue weighted by Gasteiger charge is 2.29. The summed E-state index contributed by atoms with van der Waals surface area (Å²) < 4.78 is 5.08. The largest absolute Gasteiger partial charge is 0.396 e. The number of rotatable bonds is 5. The molecule has 1 aliphatic heterocycles. The van der Waals surface area contributed by atoms with Crippen molar-refractivity contribution >= 4 is 5.91 Å². The van der Waals surface area contributed by atoms with Gasteiger partial charge in [0.2, 0.25) is 5.91 Å². The molecule has 1 aliphatic rings. The minimum atomic E-state index is 0.137. The van der Waals surface area contributed by atoms with Gasteiger partial charge in [-0.2, -0.15) is 0 Å². The number of ether oxygens (including phenoxy) is 1. The van der Waals surface area contributed by atoms with E-state index in [1.807, 2.05) is 6.92 Å². The summed E-state index contributed by atoms with van der Waals surface area (Å²) in [6.07, 6.45) is 0.464. The van der Waals surface area contributed by atoms with Crippen molar-refractivity contribution in [1.29, 1.82) is 0 Å². The molecule has 1 amide bonds. The summed E-state index contributed by atoms with van der Waals surface area (Å²) in [6.45, 7) is 4.69. The van der Waals surface area contributed by atoms with Crippen LogP contribution in [-0.4, -0.2) is 48.8 Å². The average molecular weight is 187 g/mol. The van der Waals surface area contributed by atoms with Crippen LogP contribution in [0.15, 0.2) is 0 Å². The van der Waals surface area contributed by atoms with Crippen molar-refractivity contribution in [2.24, 2.45) is 5.92 Å². The number of carbonyl (C=O) groups is 1. The summed E-state index contributed by atoms with van der Waals surface area (Å²) in [7, 11) is 0. The maximum Gasteiger partial charge on any atom is 0.224 e. The molecule has 0 aliphatic carbocycles. The minimum Gasteiger partial charge on any atom is -0.396 e. The third kappa shape index (κ3) is 2.97. The van der Waals surface area contributed by atoms with E-state index in [1.165, 1.54) is 0 Å². The van der Waals surface area contributed by atoms with E-state index in [9.17, 15) is 4.79 Å².